The van der Waals surface area contributed by atoms with Gasteiger partial charge < -0.3 is 11.1 Å². The molecule has 2 rings (SSSR count). The third kappa shape index (κ3) is 3.52. The number of halogens is 1. The van der Waals surface area contributed by atoms with Crippen molar-refractivity contribution in [1.29, 1.82) is 0 Å². The molecule has 3 nitrogen and oxygen atoms in total. The molecular weight excluding hydrogens is 272 g/mol. The first-order valence-corrected chi connectivity index (χ1v) is 6.90. The van der Waals surface area contributed by atoms with Crippen molar-refractivity contribution in [3.05, 3.63) is 64.7 Å². The maximum Gasteiger partial charge on any atom is 0.251 e. The SMILES string of the molecule is CCC(NC(=O)c1cccc(N)c1)c1ccc(Cl)cc1. The number of carbonyl (C=O) groups is 1. The van der Waals surface area contributed by atoms with Crippen LogP contribution in [0.4, 0.5) is 5.69 Å². The van der Waals surface area contributed by atoms with Gasteiger partial charge in [0.25, 0.3) is 5.91 Å². The van der Waals surface area contributed by atoms with Crippen molar-refractivity contribution in [2.45, 2.75) is 19.4 Å². The quantitative estimate of drug-likeness (QED) is 0.841. The minimum atomic E-state index is -0.126. The van der Waals surface area contributed by atoms with Crippen LogP contribution in [0.15, 0.2) is 48.5 Å². The Labute approximate surface area is 123 Å². The van der Waals surface area contributed by atoms with Gasteiger partial charge in [-0.25, -0.2) is 0 Å². The Bertz CT molecular complexity index is 596. The molecule has 0 spiro atoms. The monoisotopic (exact) mass is 288 g/mol. The van der Waals surface area contributed by atoms with Crippen molar-refractivity contribution in [3.8, 4) is 0 Å². The number of hydrogen-bond donors (Lipinski definition) is 2. The molecule has 3 N–H and O–H groups in total. The van der Waals surface area contributed by atoms with Gasteiger partial charge in [-0.2, -0.15) is 0 Å². The highest BCUT2D eigenvalue weighted by molar-refractivity contribution is 6.30. The van der Waals surface area contributed by atoms with E-state index in [0.717, 1.165) is 12.0 Å². The predicted octanol–water partition coefficient (Wildman–Crippen LogP) is 3.80. The second-order valence-corrected chi connectivity index (χ2v) is 5.05. The van der Waals surface area contributed by atoms with Gasteiger partial charge >= 0.3 is 0 Å². The molecular formula is C16H17ClN2O. The molecule has 4 heteroatoms. The van der Waals surface area contributed by atoms with E-state index >= 15 is 0 Å². The van der Waals surface area contributed by atoms with Crippen molar-refractivity contribution < 1.29 is 4.79 Å². The van der Waals surface area contributed by atoms with Crippen LogP contribution in [0, 0.1) is 0 Å². The molecule has 0 aliphatic carbocycles. The average Bonchev–Trinajstić information content (AvgIpc) is 2.45. The van der Waals surface area contributed by atoms with Crippen molar-refractivity contribution >= 4 is 23.2 Å². The molecule has 0 saturated carbocycles. The Kier molecular flexibility index (Phi) is 4.64. The van der Waals surface area contributed by atoms with E-state index in [1.807, 2.05) is 31.2 Å². The summed E-state index contributed by atoms with van der Waals surface area (Å²) in [4.78, 5) is 12.2. The van der Waals surface area contributed by atoms with Crippen LogP contribution >= 0.6 is 11.6 Å². The van der Waals surface area contributed by atoms with E-state index in [1.54, 1.807) is 24.3 Å². The lowest BCUT2D eigenvalue weighted by Gasteiger charge is -2.17. The molecule has 0 radical (unpaired) electrons. The van der Waals surface area contributed by atoms with E-state index in [2.05, 4.69) is 5.32 Å². The number of anilines is 1. The molecule has 20 heavy (non-hydrogen) atoms. The van der Waals surface area contributed by atoms with Gasteiger partial charge in [0, 0.05) is 16.3 Å². The highest BCUT2D eigenvalue weighted by Gasteiger charge is 2.14. The molecule has 0 saturated heterocycles. The van der Waals surface area contributed by atoms with Gasteiger partial charge in [-0.3, -0.25) is 4.79 Å². The van der Waals surface area contributed by atoms with E-state index in [1.165, 1.54) is 0 Å². The van der Waals surface area contributed by atoms with Crippen LogP contribution in [-0.2, 0) is 0 Å². The third-order valence-electron chi connectivity index (χ3n) is 3.13. The fourth-order valence-corrected chi connectivity index (χ4v) is 2.16. The van der Waals surface area contributed by atoms with E-state index in [4.69, 9.17) is 17.3 Å². The summed E-state index contributed by atoms with van der Waals surface area (Å²) in [6.07, 6.45) is 0.801. The zero-order valence-electron chi connectivity index (χ0n) is 11.3. The van der Waals surface area contributed by atoms with E-state index < -0.39 is 0 Å². The topological polar surface area (TPSA) is 55.1 Å². The number of hydrogen-bond acceptors (Lipinski definition) is 2. The summed E-state index contributed by atoms with van der Waals surface area (Å²) in [6, 6.07) is 14.4. The van der Waals surface area contributed by atoms with E-state index in [-0.39, 0.29) is 11.9 Å². The molecule has 1 unspecified atom stereocenters. The zero-order chi connectivity index (χ0) is 14.5. The molecule has 0 aliphatic rings. The molecule has 0 bridgehead atoms. The Morgan fingerprint density at radius 1 is 1.25 bits per heavy atom. The lowest BCUT2D eigenvalue weighted by molar-refractivity contribution is 0.0935. The van der Waals surface area contributed by atoms with Crippen molar-refractivity contribution in [1.82, 2.24) is 5.32 Å². The summed E-state index contributed by atoms with van der Waals surface area (Å²) in [5.41, 5.74) is 7.88. The number of nitrogens with two attached hydrogens (primary N) is 1. The van der Waals surface area contributed by atoms with E-state index in [9.17, 15) is 4.79 Å². The third-order valence-corrected chi connectivity index (χ3v) is 3.39. The Balaban J connectivity index is 2.14. The normalized spacial score (nSPS) is 11.9. The molecule has 1 amide bonds. The van der Waals surface area contributed by atoms with Gasteiger partial charge in [-0.15, -0.1) is 0 Å². The van der Waals surface area contributed by atoms with Gasteiger partial charge in [-0.1, -0.05) is 36.7 Å². The van der Waals surface area contributed by atoms with Crippen molar-refractivity contribution in [2.75, 3.05) is 5.73 Å². The second kappa shape index (κ2) is 6.44. The Morgan fingerprint density at radius 2 is 1.95 bits per heavy atom. The standard InChI is InChI=1S/C16H17ClN2O/c1-2-15(11-6-8-13(17)9-7-11)19-16(20)12-4-3-5-14(18)10-12/h3-10,15H,2,18H2,1H3,(H,19,20). The second-order valence-electron chi connectivity index (χ2n) is 4.61. The summed E-state index contributed by atoms with van der Waals surface area (Å²) >= 11 is 5.88. The molecule has 0 aliphatic heterocycles. The lowest BCUT2D eigenvalue weighted by Crippen LogP contribution is -2.28. The number of nitrogens with one attached hydrogen (secondary N) is 1. The van der Waals surface area contributed by atoms with Gasteiger partial charge in [0.05, 0.1) is 6.04 Å². The number of nitrogen functional groups attached to an aromatic ring is 1. The molecule has 0 aromatic heterocycles. The number of amides is 1. The van der Waals surface area contributed by atoms with Crippen LogP contribution in [-0.4, -0.2) is 5.91 Å². The van der Waals surface area contributed by atoms with Crippen molar-refractivity contribution in [2.24, 2.45) is 0 Å². The van der Waals surface area contributed by atoms with Crippen molar-refractivity contribution in [3.63, 3.8) is 0 Å². The van der Waals surface area contributed by atoms with Gasteiger partial charge in [0.2, 0.25) is 0 Å². The molecule has 2 aromatic carbocycles. The molecule has 0 fully saturated rings. The van der Waals surface area contributed by atoms with E-state index in [0.29, 0.717) is 16.3 Å². The average molecular weight is 289 g/mol. The first-order valence-electron chi connectivity index (χ1n) is 6.52. The maximum absolute atomic E-state index is 12.2. The lowest BCUT2D eigenvalue weighted by atomic mass is 10.0. The van der Waals surface area contributed by atoms with Crippen LogP contribution in [0.3, 0.4) is 0 Å². The first-order chi connectivity index (χ1) is 9.60. The highest BCUT2D eigenvalue weighted by atomic mass is 35.5. The zero-order valence-corrected chi connectivity index (χ0v) is 12.0. The minimum absolute atomic E-state index is 0.0406. The minimum Gasteiger partial charge on any atom is -0.399 e. The van der Waals surface area contributed by atoms with Crippen LogP contribution in [0.1, 0.15) is 35.3 Å². The summed E-state index contributed by atoms with van der Waals surface area (Å²) in [7, 11) is 0. The molecule has 104 valence electrons. The maximum atomic E-state index is 12.2. The fourth-order valence-electron chi connectivity index (χ4n) is 2.04. The number of carbonyl (C=O) groups excluding carboxylic acids is 1. The molecule has 0 heterocycles. The van der Waals surface area contributed by atoms with Crippen LogP contribution < -0.4 is 11.1 Å². The predicted molar refractivity (Wildman–Crippen MR) is 82.8 cm³/mol. The summed E-state index contributed by atoms with van der Waals surface area (Å²) in [5.74, 6) is -0.126. The fraction of sp³-hybridized carbons (Fsp3) is 0.188. The van der Waals surface area contributed by atoms with Gasteiger partial charge in [-0.05, 0) is 42.3 Å². The van der Waals surface area contributed by atoms with Crippen LogP contribution in [0.5, 0.6) is 0 Å². The van der Waals surface area contributed by atoms with Gasteiger partial charge in [0.15, 0.2) is 0 Å². The van der Waals surface area contributed by atoms with Gasteiger partial charge in [0.1, 0.15) is 0 Å². The summed E-state index contributed by atoms with van der Waals surface area (Å²) in [5, 5.41) is 3.69. The largest absolute Gasteiger partial charge is 0.399 e. The number of rotatable bonds is 4. The Hall–Kier alpha value is -2.00. The van der Waals surface area contributed by atoms with Crippen LogP contribution in [0.25, 0.3) is 0 Å². The first kappa shape index (κ1) is 14.4. The Morgan fingerprint density at radius 3 is 2.55 bits per heavy atom. The highest BCUT2D eigenvalue weighted by Crippen LogP contribution is 2.20. The smallest absolute Gasteiger partial charge is 0.251 e. The van der Waals surface area contributed by atoms with Crippen LogP contribution in [0.2, 0.25) is 5.02 Å². The molecule has 1 atom stereocenters. The molecule has 2 aromatic rings. The summed E-state index contributed by atoms with van der Waals surface area (Å²) < 4.78 is 0. The number of benzene rings is 2. The summed E-state index contributed by atoms with van der Waals surface area (Å²) in [6.45, 7) is 2.03.